The van der Waals surface area contributed by atoms with Crippen molar-refractivity contribution in [3.8, 4) is 17.3 Å². The second kappa shape index (κ2) is 11.5. The van der Waals surface area contributed by atoms with E-state index in [1.807, 2.05) is 9.80 Å². The topological polar surface area (TPSA) is 92.4 Å². The number of piperazine rings is 1. The summed E-state index contributed by atoms with van der Waals surface area (Å²) in [4.78, 5) is 16.6. The van der Waals surface area contributed by atoms with Gasteiger partial charge in [0.05, 0.1) is 34.4 Å². The predicted molar refractivity (Wildman–Crippen MR) is 162 cm³/mol. The van der Waals surface area contributed by atoms with E-state index < -0.39 is 46.3 Å². The van der Waals surface area contributed by atoms with Gasteiger partial charge in [-0.1, -0.05) is 11.6 Å². The number of hydrogen-bond acceptors (Lipinski definition) is 8. The van der Waals surface area contributed by atoms with Crippen molar-refractivity contribution in [2.24, 2.45) is 11.3 Å². The van der Waals surface area contributed by atoms with Gasteiger partial charge in [-0.15, -0.1) is 0 Å². The average molecular weight is 688 g/mol. The molecule has 3 unspecified atom stereocenters. The fourth-order valence-electron chi connectivity index (χ4n) is 7.29. The molecule has 3 N–H and O–H groups in total. The van der Waals surface area contributed by atoms with Gasteiger partial charge in [-0.2, -0.15) is 36.3 Å². The quantitative estimate of drug-likeness (QED) is 0.277. The van der Waals surface area contributed by atoms with Crippen LogP contribution in [0.1, 0.15) is 43.2 Å². The summed E-state index contributed by atoms with van der Waals surface area (Å²) in [6.45, 7) is 3.30. The Labute approximate surface area is 270 Å². The summed E-state index contributed by atoms with van der Waals surface area (Å²) in [6, 6.07) is 2.60. The zero-order valence-corrected chi connectivity index (χ0v) is 26.2. The number of aryl methyl sites for hydroxylation is 1. The van der Waals surface area contributed by atoms with Crippen LogP contribution in [0.4, 0.5) is 42.4 Å². The number of nitrogens with one attached hydrogen (secondary N) is 1. The van der Waals surface area contributed by atoms with Gasteiger partial charge < -0.3 is 25.6 Å². The molecule has 47 heavy (non-hydrogen) atoms. The summed E-state index contributed by atoms with van der Waals surface area (Å²) >= 11 is 6.54. The Kier molecular flexibility index (Phi) is 7.90. The van der Waals surface area contributed by atoms with Crippen molar-refractivity contribution >= 4 is 34.1 Å². The number of rotatable bonds is 7. The molecule has 5 fully saturated rings. The standard InChI is InChI=1S/C31H33ClF7N7O/c1-15-7-21(40)42-26(23(15)31(37,38)39)22-20(32)9-19-25(24(22)33)43-28(44-27(19)46-11-17-8-18(12-46)41-17)47-14-29(4-5-29)13-45-6-2-3-16(10-45)30(34,35)36/h7,9,16-18,41H,2-6,8,10-14H2,1H3,(H2,40,42). The number of ether oxygens (including phenoxy) is 1. The number of piperidine rings is 2. The second-order valence-corrected chi connectivity index (χ2v) is 13.9. The zero-order valence-electron chi connectivity index (χ0n) is 25.4. The molecule has 3 aromatic rings. The highest BCUT2D eigenvalue weighted by atomic mass is 35.5. The van der Waals surface area contributed by atoms with E-state index in [1.165, 1.54) is 13.0 Å². The normalized spacial score (nSPS) is 24.4. The van der Waals surface area contributed by atoms with Crippen molar-refractivity contribution in [2.75, 3.05) is 50.0 Å². The van der Waals surface area contributed by atoms with E-state index in [1.54, 1.807) is 0 Å². The van der Waals surface area contributed by atoms with Crippen LogP contribution in [0.5, 0.6) is 6.01 Å². The Hall–Kier alpha value is -3.17. The Morgan fingerprint density at radius 2 is 1.77 bits per heavy atom. The van der Waals surface area contributed by atoms with Gasteiger partial charge in [-0.25, -0.2) is 9.37 Å². The molecule has 4 aliphatic heterocycles. The first-order chi connectivity index (χ1) is 22.1. The number of nitrogen functional groups attached to an aromatic ring is 1. The molecule has 6 heterocycles. The summed E-state index contributed by atoms with van der Waals surface area (Å²) < 4.78 is 106. The summed E-state index contributed by atoms with van der Waals surface area (Å²) in [5.74, 6) is -2.41. The summed E-state index contributed by atoms with van der Waals surface area (Å²) in [5, 5.41) is 3.30. The van der Waals surface area contributed by atoms with Gasteiger partial charge in [-0.3, -0.25) is 0 Å². The highest BCUT2D eigenvalue weighted by molar-refractivity contribution is 6.34. The molecule has 0 amide bonds. The van der Waals surface area contributed by atoms with Gasteiger partial charge in [0.1, 0.15) is 17.2 Å². The minimum Gasteiger partial charge on any atom is -0.463 e. The number of anilines is 2. The first-order valence-electron chi connectivity index (χ1n) is 15.6. The third kappa shape index (κ3) is 6.26. The number of nitrogens with two attached hydrogens (primary N) is 1. The van der Waals surface area contributed by atoms with Crippen LogP contribution in [-0.2, 0) is 6.18 Å². The number of nitrogens with zero attached hydrogens (tertiary/aromatic N) is 5. The van der Waals surface area contributed by atoms with E-state index in [0.717, 1.165) is 25.3 Å². The lowest BCUT2D eigenvalue weighted by molar-refractivity contribution is -0.187. The Bertz CT molecular complexity index is 1700. The summed E-state index contributed by atoms with van der Waals surface area (Å²) in [7, 11) is 0. The third-order valence-corrected chi connectivity index (χ3v) is 10.1. The molecule has 3 atom stereocenters. The van der Waals surface area contributed by atoms with Crippen LogP contribution >= 0.6 is 11.6 Å². The van der Waals surface area contributed by atoms with E-state index in [2.05, 4.69) is 20.3 Å². The molecule has 1 saturated carbocycles. The van der Waals surface area contributed by atoms with E-state index in [4.69, 9.17) is 22.1 Å². The zero-order chi connectivity index (χ0) is 33.5. The van der Waals surface area contributed by atoms with Crippen LogP contribution in [0.15, 0.2) is 12.1 Å². The van der Waals surface area contributed by atoms with Gasteiger partial charge in [0.15, 0.2) is 5.82 Å². The molecular formula is C31H33ClF7N7O. The van der Waals surface area contributed by atoms with Crippen molar-refractivity contribution in [1.82, 2.24) is 25.2 Å². The van der Waals surface area contributed by atoms with Crippen LogP contribution in [0.2, 0.25) is 5.02 Å². The third-order valence-electron chi connectivity index (χ3n) is 9.81. The molecule has 5 aliphatic rings. The molecule has 1 aromatic carbocycles. The van der Waals surface area contributed by atoms with Crippen LogP contribution in [0, 0.1) is 24.1 Å². The molecule has 2 bridgehead atoms. The van der Waals surface area contributed by atoms with Crippen LogP contribution in [0.3, 0.4) is 0 Å². The van der Waals surface area contributed by atoms with Crippen molar-refractivity contribution < 1.29 is 35.5 Å². The number of hydrogen-bond donors (Lipinski definition) is 2. The fraction of sp³-hybridized carbons (Fsp3) is 0.581. The number of halogens is 8. The molecule has 0 radical (unpaired) electrons. The Morgan fingerprint density at radius 3 is 2.40 bits per heavy atom. The molecule has 4 saturated heterocycles. The highest BCUT2D eigenvalue weighted by Crippen LogP contribution is 2.48. The molecule has 16 heteroatoms. The number of benzene rings is 1. The molecule has 254 valence electrons. The first kappa shape index (κ1) is 32.4. The van der Waals surface area contributed by atoms with E-state index in [-0.39, 0.29) is 65.0 Å². The fourth-order valence-corrected chi connectivity index (χ4v) is 7.57. The lowest BCUT2D eigenvalue weighted by Crippen LogP contribution is -2.67. The number of pyridine rings is 1. The molecular weight excluding hydrogens is 655 g/mol. The number of fused-ring (bicyclic) bond motifs is 3. The van der Waals surface area contributed by atoms with Crippen molar-refractivity contribution in [1.29, 1.82) is 0 Å². The number of aromatic nitrogens is 3. The minimum atomic E-state index is -4.88. The predicted octanol–water partition coefficient (Wildman–Crippen LogP) is 6.38. The maximum Gasteiger partial charge on any atom is 0.418 e. The summed E-state index contributed by atoms with van der Waals surface area (Å²) in [6.07, 6.45) is -6.14. The van der Waals surface area contributed by atoms with Gasteiger partial charge in [-0.05, 0) is 63.3 Å². The highest BCUT2D eigenvalue weighted by Gasteiger charge is 2.48. The average Bonchev–Trinajstić information content (AvgIpc) is 3.73. The van der Waals surface area contributed by atoms with E-state index >= 15 is 4.39 Å². The second-order valence-electron chi connectivity index (χ2n) is 13.5. The number of likely N-dealkylation sites (tertiary alicyclic amines) is 1. The van der Waals surface area contributed by atoms with Gasteiger partial charge >= 0.3 is 18.4 Å². The van der Waals surface area contributed by atoms with Gasteiger partial charge in [0.2, 0.25) is 0 Å². The van der Waals surface area contributed by atoms with Crippen molar-refractivity contribution in [2.45, 2.75) is 63.5 Å². The SMILES string of the molecule is Cc1cc(N)nc(-c2c(Cl)cc3c(N4CC5CC(C4)N5)nc(OCC4(CN5CCCC(C(F)(F)F)C5)CC4)nc3c2F)c1C(F)(F)F. The Balaban J connectivity index is 1.25. The Morgan fingerprint density at radius 1 is 1.06 bits per heavy atom. The van der Waals surface area contributed by atoms with Crippen molar-refractivity contribution in [3.63, 3.8) is 0 Å². The number of alkyl halides is 6. The maximum atomic E-state index is 16.6. The van der Waals surface area contributed by atoms with Crippen LogP contribution in [0.25, 0.3) is 22.2 Å². The van der Waals surface area contributed by atoms with Crippen LogP contribution in [-0.4, -0.2) is 77.4 Å². The summed E-state index contributed by atoms with van der Waals surface area (Å²) in [5.41, 5.74) is 2.36. The monoisotopic (exact) mass is 687 g/mol. The largest absolute Gasteiger partial charge is 0.463 e. The van der Waals surface area contributed by atoms with E-state index in [0.29, 0.717) is 38.4 Å². The van der Waals surface area contributed by atoms with Crippen LogP contribution < -0.4 is 20.7 Å². The van der Waals surface area contributed by atoms with Crippen molar-refractivity contribution in [3.05, 3.63) is 34.1 Å². The maximum absolute atomic E-state index is 16.6. The van der Waals surface area contributed by atoms with Gasteiger partial charge in [0.25, 0.3) is 0 Å². The first-order valence-corrected chi connectivity index (χ1v) is 16.0. The molecule has 2 aromatic heterocycles. The molecule has 8 nitrogen and oxygen atoms in total. The lowest BCUT2D eigenvalue weighted by Gasteiger charge is -2.48. The molecule has 1 aliphatic carbocycles. The minimum absolute atomic E-state index is 0.0701. The molecule has 0 spiro atoms. The smallest absolute Gasteiger partial charge is 0.418 e. The molecule has 8 rings (SSSR count). The van der Waals surface area contributed by atoms with Gasteiger partial charge in [0, 0.05) is 49.1 Å². The van der Waals surface area contributed by atoms with E-state index in [9.17, 15) is 26.3 Å². The lowest BCUT2D eigenvalue weighted by atomic mass is 9.91.